The highest BCUT2D eigenvalue weighted by Gasteiger charge is 2.25. The van der Waals surface area contributed by atoms with E-state index in [4.69, 9.17) is 9.26 Å². The Kier molecular flexibility index (Phi) is 4.28. The number of carbonyl (C=O) groups excluding carboxylic acids is 2. The zero-order valence-electron chi connectivity index (χ0n) is 13.2. The van der Waals surface area contributed by atoms with Crippen molar-refractivity contribution >= 4 is 28.6 Å². The predicted molar refractivity (Wildman–Crippen MR) is 85.5 cm³/mol. The zero-order valence-corrected chi connectivity index (χ0v) is 13.2. The SMILES string of the molecule is CC[C@H](OC(=O)c1n[nH]c2ccccc12)C(=O)Nc1cc(C)on1. The van der Waals surface area contributed by atoms with Crippen molar-refractivity contribution in [2.75, 3.05) is 5.32 Å². The quantitative estimate of drug-likeness (QED) is 0.696. The lowest BCUT2D eigenvalue weighted by molar-refractivity contribution is -0.124. The molecule has 1 atom stereocenters. The second-order valence-corrected chi connectivity index (χ2v) is 5.23. The first-order chi connectivity index (χ1) is 11.6. The third kappa shape index (κ3) is 3.12. The van der Waals surface area contributed by atoms with Crippen molar-refractivity contribution in [2.45, 2.75) is 26.4 Å². The van der Waals surface area contributed by atoms with Crippen molar-refractivity contribution in [3.05, 3.63) is 41.8 Å². The monoisotopic (exact) mass is 328 g/mol. The number of benzene rings is 1. The molecule has 3 aromatic rings. The van der Waals surface area contributed by atoms with E-state index in [0.717, 1.165) is 5.52 Å². The maximum atomic E-state index is 12.3. The molecule has 0 radical (unpaired) electrons. The van der Waals surface area contributed by atoms with E-state index < -0.39 is 18.0 Å². The summed E-state index contributed by atoms with van der Waals surface area (Å²) in [6.07, 6.45) is -0.638. The number of amides is 1. The number of aromatic nitrogens is 3. The van der Waals surface area contributed by atoms with Gasteiger partial charge < -0.3 is 14.6 Å². The van der Waals surface area contributed by atoms with Gasteiger partial charge in [0.25, 0.3) is 5.91 Å². The number of H-pyrrole nitrogens is 1. The third-order valence-electron chi connectivity index (χ3n) is 3.46. The molecule has 0 saturated carbocycles. The second kappa shape index (κ2) is 6.53. The molecule has 1 aromatic carbocycles. The smallest absolute Gasteiger partial charge is 0.360 e. The second-order valence-electron chi connectivity index (χ2n) is 5.23. The fourth-order valence-corrected chi connectivity index (χ4v) is 2.26. The van der Waals surface area contributed by atoms with Gasteiger partial charge in [0.1, 0.15) is 5.76 Å². The van der Waals surface area contributed by atoms with Gasteiger partial charge in [-0.3, -0.25) is 9.89 Å². The highest BCUT2D eigenvalue weighted by atomic mass is 16.5. The van der Waals surface area contributed by atoms with E-state index in [0.29, 0.717) is 17.6 Å². The molecule has 8 nitrogen and oxygen atoms in total. The molecule has 24 heavy (non-hydrogen) atoms. The molecule has 1 amide bonds. The number of rotatable bonds is 5. The number of esters is 1. The first-order valence-corrected chi connectivity index (χ1v) is 7.46. The van der Waals surface area contributed by atoms with Gasteiger partial charge in [-0.2, -0.15) is 5.10 Å². The van der Waals surface area contributed by atoms with Crippen LogP contribution in [0.25, 0.3) is 10.9 Å². The highest BCUT2D eigenvalue weighted by Crippen LogP contribution is 2.17. The Morgan fingerprint density at radius 1 is 1.38 bits per heavy atom. The van der Waals surface area contributed by atoms with Crippen LogP contribution in [0.15, 0.2) is 34.9 Å². The maximum absolute atomic E-state index is 12.3. The van der Waals surface area contributed by atoms with Crippen LogP contribution in [0.1, 0.15) is 29.6 Å². The number of ether oxygens (including phenoxy) is 1. The van der Waals surface area contributed by atoms with Gasteiger partial charge in [-0.25, -0.2) is 4.79 Å². The number of nitrogens with zero attached hydrogens (tertiary/aromatic N) is 2. The number of para-hydroxylation sites is 1. The summed E-state index contributed by atoms with van der Waals surface area (Å²) in [5.74, 6) is -0.291. The summed E-state index contributed by atoms with van der Waals surface area (Å²) in [7, 11) is 0. The topological polar surface area (TPSA) is 110 Å². The normalized spacial score (nSPS) is 12.1. The summed E-state index contributed by atoms with van der Waals surface area (Å²) >= 11 is 0. The fourth-order valence-electron chi connectivity index (χ4n) is 2.26. The first kappa shape index (κ1) is 15.7. The maximum Gasteiger partial charge on any atom is 0.360 e. The van der Waals surface area contributed by atoms with Gasteiger partial charge in [-0.15, -0.1) is 0 Å². The minimum atomic E-state index is -0.954. The number of aromatic amines is 1. The van der Waals surface area contributed by atoms with Crippen molar-refractivity contribution in [1.29, 1.82) is 0 Å². The molecule has 8 heteroatoms. The van der Waals surface area contributed by atoms with Crippen LogP contribution in [0.3, 0.4) is 0 Å². The molecule has 0 bridgehead atoms. The van der Waals surface area contributed by atoms with Gasteiger partial charge >= 0.3 is 5.97 Å². The van der Waals surface area contributed by atoms with Crippen LogP contribution in [0, 0.1) is 6.92 Å². The van der Waals surface area contributed by atoms with Gasteiger partial charge in [0.15, 0.2) is 17.6 Å². The Labute approximate surface area is 137 Å². The van der Waals surface area contributed by atoms with Gasteiger partial charge in [0, 0.05) is 11.5 Å². The lowest BCUT2D eigenvalue weighted by Crippen LogP contribution is -2.32. The summed E-state index contributed by atoms with van der Waals surface area (Å²) < 4.78 is 10.2. The van der Waals surface area contributed by atoms with E-state index in [1.165, 1.54) is 0 Å². The van der Waals surface area contributed by atoms with E-state index in [2.05, 4.69) is 20.7 Å². The summed E-state index contributed by atoms with van der Waals surface area (Å²) in [4.78, 5) is 24.6. The van der Waals surface area contributed by atoms with Crippen molar-refractivity contribution in [3.8, 4) is 0 Å². The van der Waals surface area contributed by atoms with Crippen LogP contribution < -0.4 is 5.32 Å². The molecular formula is C16H16N4O4. The van der Waals surface area contributed by atoms with E-state index in [1.54, 1.807) is 38.1 Å². The Hall–Kier alpha value is -3.16. The van der Waals surface area contributed by atoms with Crippen LogP contribution in [0.4, 0.5) is 5.82 Å². The Morgan fingerprint density at radius 2 is 2.17 bits per heavy atom. The largest absolute Gasteiger partial charge is 0.447 e. The number of hydrogen-bond donors (Lipinski definition) is 2. The number of anilines is 1. The number of hydrogen-bond acceptors (Lipinski definition) is 6. The summed E-state index contributed by atoms with van der Waals surface area (Å²) in [6, 6.07) is 8.77. The van der Waals surface area contributed by atoms with Crippen LogP contribution >= 0.6 is 0 Å². The minimum absolute atomic E-state index is 0.147. The Bertz CT molecular complexity index is 883. The molecule has 3 rings (SSSR count). The number of nitrogens with one attached hydrogen (secondary N) is 2. The van der Waals surface area contributed by atoms with Crippen molar-refractivity contribution in [3.63, 3.8) is 0 Å². The lowest BCUT2D eigenvalue weighted by atomic mass is 10.2. The fraction of sp³-hybridized carbons (Fsp3) is 0.250. The average molecular weight is 328 g/mol. The highest BCUT2D eigenvalue weighted by molar-refractivity contribution is 6.03. The molecule has 0 saturated heterocycles. The van der Waals surface area contributed by atoms with Gasteiger partial charge in [-0.1, -0.05) is 30.3 Å². The number of carbonyl (C=O) groups is 2. The van der Waals surface area contributed by atoms with Crippen molar-refractivity contribution in [2.24, 2.45) is 0 Å². The van der Waals surface area contributed by atoms with Crippen LogP contribution in [0.2, 0.25) is 0 Å². The van der Waals surface area contributed by atoms with E-state index in [1.807, 2.05) is 6.07 Å². The molecule has 0 aliphatic carbocycles. The van der Waals surface area contributed by atoms with Gasteiger partial charge in [0.05, 0.1) is 5.52 Å². The minimum Gasteiger partial charge on any atom is -0.447 e. The summed E-state index contributed by atoms with van der Waals surface area (Å²) in [5.41, 5.74) is 0.870. The zero-order chi connectivity index (χ0) is 17.1. The molecule has 0 fully saturated rings. The van der Waals surface area contributed by atoms with Gasteiger partial charge in [-0.05, 0) is 19.4 Å². The van der Waals surface area contributed by atoms with Crippen LogP contribution in [-0.2, 0) is 9.53 Å². The van der Waals surface area contributed by atoms with Crippen molar-refractivity contribution in [1.82, 2.24) is 15.4 Å². The molecule has 0 spiro atoms. The van der Waals surface area contributed by atoms with E-state index in [9.17, 15) is 9.59 Å². The lowest BCUT2D eigenvalue weighted by Gasteiger charge is -2.14. The Morgan fingerprint density at radius 3 is 2.88 bits per heavy atom. The van der Waals surface area contributed by atoms with Crippen LogP contribution in [-0.4, -0.2) is 33.3 Å². The van der Waals surface area contributed by atoms with Gasteiger partial charge in [0.2, 0.25) is 0 Å². The molecular weight excluding hydrogens is 312 g/mol. The molecule has 2 N–H and O–H groups in total. The average Bonchev–Trinajstić information content (AvgIpc) is 3.18. The standard InChI is InChI=1S/C16H16N4O4/c1-3-12(15(21)17-13-8-9(2)24-20-13)23-16(22)14-10-6-4-5-7-11(10)18-19-14/h4-8,12H,3H2,1-2H3,(H,18,19)(H,17,20,21)/t12-/m0/s1. The third-order valence-corrected chi connectivity index (χ3v) is 3.46. The summed E-state index contributed by atoms with van der Waals surface area (Å²) in [6.45, 7) is 3.46. The van der Waals surface area contributed by atoms with Crippen molar-refractivity contribution < 1.29 is 18.8 Å². The molecule has 124 valence electrons. The molecule has 0 unspecified atom stereocenters. The summed E-state index contributed by atoms with van der Waals surface area (Å²) in [5, 5.41) is 13.6. The molecule has 2 heterocycles. The Balaban J connectivity index is 1.72. The predicted octanol–water partition coefficient (Wildman–Crippen LogP) is 2.43. The van der Waals surface area contributed by atoms with Crippen LogP contribution in [0.5, 0.6) is 0 Å². The van der Waals surface area contributed by atoms with E-state index >= 15 is 0 Å². The number of aryl methyl sites for hydroxylation is 1. The molecule has 2 aromatic heterocycles. The molecule has 0 aliphatic rings. The number of fused-ring (bicyclic) bond motifs is 1. The molecule has 0 aliphatic heterocycles. The first-order valence-electron chi connectivity index (χ1n) is 7.46. The van der Waals surface area contributed by atoms with E-state index in [-0.39, 0.29) is 11.5 Å².